The van der Waals surface area contributed by atoms with E-state index in [0.29, 0.717) is 28.4 Å². The lowest BCUT2D eigenvalue weighted by Crippen LogP contribution is -2.25. The Morgan fingerprint density at radius 2 is 2.23 bits per heavy atom. The summed E-state index contributed by atoms with van der Waals surface area (Å²) < 4.78 is 6.88. The number of carbonyl (C=O) groups is 1. The van der Waals surface area contributed by atoms with Gasteiger partial charge in [0.15, 0.2) is 5.16 Å². The number of ether oxygens (including phenoxy) is 1. The van der Waals surface area contributed by atoms with Crippen LogP contribution in [0.15, 0.2) is 39.1 Å². The zero-order chi connectivity index (χ0) is 18.7. The fourth-order valence-electron chi connectivity index (χ4n) is 2.78. The van der Waals surface area contributed by atoms with Gasteiger partial charge in [-0.15, -0.1) is 11.8 Å². The summed E-state index contributed by atoms with van der Waals surface area (Å²) in [6.07, 6.45) is 0.792. The second-order valence-electron chi connectivity index (χ2n) is 5.89. The molecule has 1 aliphatic rings. The van der Waals surface area contributed by atoms with E-state index < -0.39 is 0 Å². The fourth-order valence-corrected chi connectivity index (χ4v) is 4.78. The zero-order valence-corrected chi connectivity index (χ0v) is 16.6. The number of rotatable bonds is 6. The maximum atomic E-state index is 12.6. The Morgan fingerprint density at radius 3 is 2.96 bits per heavy atom. The van der Waals surface area contributed by atoms with Gasteiger partial charge in [-0.2, -0.15) is 0 Å². The summed E-state index contributed by atoms with van der Waals surface area (Å²) in [6.45, 7) is 4.54. The van der Waals surface area contributed by atoms with Crippen molar-refractivity contribution in [3.63, 3.8) is 0 Å². The third-order valence-electron chi connectivity index (χ3n) is 3.99. The Hall–Kier alpha value is -1.93. The second kappa shape index (κ2) is 8.18. The van der Waals surface area contributed by atoms with E-state index in [1.807, 2.05) is 19.1 Å². The molecule has 1 aromatic carbocycles. The quantitative estimate of drug-likeness (QED) is 0.603. The number of anilines is 1. The van der Waals surface area contributed by atoms with Crippen molar-refractivity contribution in [3.05, 3.63) is 40.3 Å². The molecule has 0 fully saturated rings. The maximum absolute atomic E-state index is 12.6. The van der Waals surface area contributed by atoms with Crippen molar-refractivity contribution in [2.75, 3.05) is 18.2 Å². The molecular weight excluding hydrogens is 370 g/mol. The molecule has 2 aromatic rings. The second-order valence-corrected chi connectivity index (χ2v) is 8.28. The van der Waals surface area contributed by atoms with Crippen LogP contribution in [0.1, 0.15) is 19.5 Å². The summed E-state index contributed by atoms with van der Waals surface area (Å²) in [4.78, 5) is 30.4. The van der Waals surface area contributed by atoms with E-state index in [1.165, 1.54) is 11.8 Å². The molecule has 0 radical (unpaired) electrons. The van der Waals surface area contributed by atoms with Gasteiger partial charge in [-0.05, 0) is 19.1 Å². The fraction of sp³-hybridized carbons (Fsp3) is 0.389. The van der Waals surface area contributed by atoms with Crippen molar-refractivity contribution >= 4 is 35.1 Å². The molecule has 2 heterocycles. The predicted molar refractivity (Wildman–Crippen MR) is 106 cm³/mol. The molecular formula is C18H21N3O3S2. The minimum atomic E-state index is -0.167. The lowest BCUT2D eigenvalue weighted by Gasteiger charge is -2.12. The molecule has 1 amide bonds. The number of aromatic nitrogens is 2. The van der Waals surface area contributed by atoms with Crippen LogP contribution in [0.25, 0.3) is 0 Å². The van der Waals surface area contributed by atoms with Crippen molar-refractivity contribution in [2.24, 2.45) is 0 Å². The molecule has 0 saturated carbocycles. The summed E-state index contributed by atoms with van der Waals surface area (Å²) in [5, 5.41) is 3.80. The number of nitrogens with zero attached hydrogens (tertiary/aromatic N) is 2. The van der Waals surface area contributed by atoms with Crippen LogP contribution in [0.3, 0.4) is 0 Å². The number of para-hydroxylation sites is 2. The van der Waals surface area contributed by atoms with Crippen LogP contribution in [0.2, 0.25) is 0 Å². The van der Waals surface area contributed by atoms with E-state index in [1.54, 1.807) is 35.6 Å². The van der Waals surface area contributed by atoms with Gasteiger partial charge in [0.2, 0.25) is 5.91 Å². The molecule has 138 valence electrons. The number of carbonyl (C=O) groups excluding carboxylic acids is 1. The van der Waals surface area contributed by atoms with E-state index in [2.05, 4.69) is 17.2 Å². The van der Waals surface area contributed by atoms with E-state index in [4.69, 9.17) is 4.74 Å². The van der Waals surface area contributed by atoms with Gasteiger partial charge >= 0.3 is 0 Å². The van der Waals surface area contributed by atoms with Gasteiger partial charge in [-0.1, -0.05) is 30.8 Å². The molecule has 1 aromatic heterocycles. The molecule has 0 aliphatic carbocycles. The van der Waals surface area contributed by atoms with E-state index in [-0.39, 0.29) is 17.2 Å². The zero-order valence-electron chi connectivity index (χ0n) is 14.9. The number of nitrogens with one attached hydrogen (secondary N) is 1. The Kier molecular flexibility index (Phi) is 5.93. The molecule has 0 spiro atoms. The molecule has 26 heavy (non-hydrogen) atoms. The minimum absolute atomic E-state index is 0.000475. The number of amides is 1. The Balaban J connectivity index is 1.74. The molecule has 3 rings (SSSR count). The Morgan fingerprint density at radius 1 is 1.46 bits per heavy atom. The van der Waals surface area contributed by atoms with Crippen LogP contribution in [0.5, 0.6) is 5.75 Å². The van der Waals surface area contributed by atoms with Gasteiger partial charge in [-0.3, -0.25) is 14.2 Å². The first kappa shape index (κ1) is 18.8. The highest BCUT2D eigenvalue weighted by Gasteiger charge is 2.26. The van der Waals surface area contributed by atoms with Crippen molar-refractivity contribution < 1.29 is 9.53 Å². The smallest absolute Gasteiger partial charge is 0.268 e. The Labute approximate surface area is 160 Å². The molecule has 0 saturated heterocycles. The topological polar surface area (TPSA) is 73.2 Å². The summed E-state index contributed by atoms with van der Waals surface area (Å²) >= 11 is 2.87. The van der Waals surface area contributed by atoms with Gasteiger partial charge in [0.25, 0.3) is 5.56 Å². The lowest BCUT2D eigenvalue weighted by atomic mass is 10.2. The first-order valence-electron chi connectivity index (χ1n) is 8.39. The summed E-state index contributed by atoms with van der Waals surface area (Å²) in [7, 11) is 1.56. The molecule has 1 N–H and O–H groups in total. The monoisotopic (exact) mass is 391 g/mol. The highest BCUT2D eigenvalue weighted by Crippen LogP contribution is 2.34. The molecule has 0 bridgehead atoms. The van der Waals surface area contributed by atoms with Gasteiger partial charge in [0.1, 0.15) is 5.75 Å². The van der Waals surface area contributed by atoms with Crippen molar-refractivity contribution in [3.8, 4) is 5.75 Å². The Bertz CT molecular complexity index is 882. The maximum Gasteiger partial charge on any atom is 0.268 e. The largest absolute Gasteiger partial charge is 0.495 e. The minimum Gasteiger partial charge on any atom is -0.495 e. The van der Waals surface area contributed by atoms with Crippen molar-refractivity contribution in [2.45, 2.75) is 42.1 Å². The van der Waals surface area contributed by atoms with Crippen LogP contribution in [0, 0.1) is 0 Å². The van der Waals surface area contributed by atoms with E-state index in [9.17, 15) is 9.59 Å². The third kappa shape index (κ3) is 3.91. The van der Waals surface area contributed by atoms with Gasteiger partial charge in [0.05, 0.1) is 29.1 Å². The molecule has 8 heteroatoms. The standard InChI is InChI=1S/C18H21N3O3S2/c1-4-21-17(23)16-13(9-11(2)26-16)20-18(21)25-10-15(22)19-12-7-5-6-8-14(12)24-3/h5-8,11H,4,9-10H2,1-3H3,(H,19,22)/t11-/m0/s1. The van der Waals surface area contributed by atoms with Crippen LogP contribution < -0.4 is 15.6 Å². The van der Waals surface area contributed by atoms with Crippen LogP contribution in [0.4, 0.5) is 5.69 Å². The number of hydrogen-bond donors (Lipinski definition) is 1. The molecule has 0 unspecified atom stereocenters. The highest BCUT2D eigenvalue weighted by molar-refractivity contribution is 8.00. The van der Waals surface area contributed by atoms with Crippen LogP contribution in [-0.2, 0) is 17.8 Å². The number of methoxy groups -OCH3 is 1. The van der Waals surface area contributed by atoms with Gasteiger partial charge in [0, 0.05) is 18.2 Å². The number of fused-ring (bicyclic) bond motifs is 1. The highest BCUT2D eigenvalue weighted by atomic mass is 32.2. The third-order valence-corrected chi connectivity index (χ3v) is 6.18. The average molecular weight is 392 g/mol. The molecule has 1 atom stereocenters. The first-order chi connectivity index (χ1) is 12.5. The lowest BCUT2D eigenvalue weighted by molar-refractivity contribution is -0.113. The predicted octanol–water partition coefficient (Wildman–Crippen LogP) is 3.04. The first-order valence-corrected chi connectivity index (χ1v) is 10.3. The van der Waals surface area contributed by atoms with Crippen LogP contribution in [-0.4, -0.2) is 33.6 Å². The number of thioether (sulfide) groups is 2. The van der Waals surface area contributed by atoms with Gasteiger partial charge in [-0.25, -0.2) is 4.98 Å². The van der Waals surface area contributed by atoms with Crippen LogP contribution >= 0.6 is 23.5 Å². The van der Waals surface area contributed by atoms with E-state index in [0.717, 1.165) is 17.0 Å². The molecule has 6 nitrogen and oxygen atoms in total. The molecule has 1 aliphatic heterocycles. The average Bonchev–Trinajstić information content (AvgIpc) is 3.01. The summed E-state index contributed by atoms with van der Waals surface area (Å²) in [5.74, 6) is 0.615. The van der Waals surface area contributed by atoms with Crippen molar-refractivity contribution in [1.82, 2.24) is 9.55 Å². The summed E-state index contributed by atoms with van der Waals surface area (Å²) in [5.41, 5.74) is 1.48. The SMILES string of the molecule is CCn1c(SCC(=O)Nc2ccccc2OC)nc2c(c1=O)S[C@@H](C)C2. The normalized spacial score (nSPS) is 15.6. The summed E-state index contributed by atoms with van der Waals surface area (Å²) in [6, 6.07) is 7.26. The van der Waals surface area contributed by atoms with Gasteiger partial charge < -0.3 is 10.1 Å². The number of hydrogen-bond acceptors (Lipinski definition) is 6. The number of benzene rings is 1. The van der Waals surface area contributed by atoms with E-state index >= 15 is 0 Å². The van der Waals surface area contributed by atoms with Crippen molar-refractivity contribution in [1.29, 1.82) is 0 Å².